The molecule has 1 heteroatoms. The first-order valence-electron chi connectivity index (χ1n) is 4.71. The van der Waals surface area contributed by atoms with Crippen LogP contribution in [-0.2, 0) is 0 Å². The van der Waals surface area contributed by atoms with Crippen LogP contribution in [0.3, 0.4) is 0 Å². The summed E-state index contributed by atoms with van der Waals surface area (Å²) in [6, 6.07) is 0.634. The number of nitrogens with zero attached hydrogens (tertiary/aromatic N) is 1. The lowest BCUT2D eigenvalue weighted by atomic mass is 9.96. The molecule has 72 valence electrons. The SMILES string of the molecule is CC(C)N(C)C/C=C/C(C)(C)C. The summed E-state index contributed by atoms with van der Waals surface area (Å²) in [7, 11) is 2.15. The Labute approximate surface area is 77.5 Å². The Bertz CT molecular complexity index is 140. The zero-order chi connectivity index (χ0) is 9.78. The summed E-state index contributed by atoms with van der Waals surface area (Å²) >= 11 is 0. The van der Waals surface area contributed by atoms with Gasteiger partial charge in [0.25, 0.3) is 0 Å². The van der Waals surface area contributed by atoms with Crippen LogP contribution >= 0.6 is 0 Å². The van der Waals surface area contributed by atoms with Crippen molar-refractivity contribution in [3.8, 4) is 0 Å². The molecule has 0 atom stereocenters. The molecule has 0 aliphatic carbocycles. The lowest BCUT2D eigenvalue weighted by molar-refractivity contribution is 0.302. The lowest BCUT2D eigenvalue weighted by Gasteiger charge is -2.19. The van der Waals surface area contributed by atoms with E-state index in [0.717, 1.165) is 6.54 Å². The molecule has 0 fully saturated rings. The maximum atomic E-state index is 2.32. The highest BCUT2D eigenvalue weighted by Gasteiger charge is 2.04. The monoisotopic (exact) mass is 169 g/mol. The van der Waals surface area contributed by atoms with E-state index in [-0.39, 0.29) is 0 Å². The second-order valence-electron chi connectivity index (χ2n) is 4.80. The fourth-order valence-corrected chi connectivity index (χ4v) is 0.783. The van der Waals surface area contributed by atoms with Crippen LogP contribution in [0.4, 0.5) is 0 Å². The number of allylic oxidation sites excluding steroid dienone is 1. The lowest BCUT2D eigenvalue weighted by Crippen LogP contribution is -2.26. The molecule has 0 spiro atoms. The first-order chi connectivity index (χ1) is 5.33. The van der Waals surface area contributed by atoms with Crippen LogP contribution in [-0.4, -0.2) is 24.5 Å². The van der Waals surface area contributed by atoms with Crippen molar-refractivity contribution in [1.82, 2.24) is 4.90 Å². The molecule has 0 aliphatic heterocycles. The molecule has 0 radical (unpaired) electrons. The van der Waals surface area contributed by atoms with E-state index in [9.17, 15) is 0 Å². The number of likely N-dealkylation sites (N-methyl/N-ethyl adjacent to an activating group) is 1. The Kier molecular flexibility index (Phi) is 4.54. The zero-order valence-electron chi connectivity index (χ0n) is 9.39. The molecule has 0 heterocycles. The molecular formula is C11H23N. The molecule has 0 N–H and O–H groups in total. The van der Waals surface area contributed by atoms with Crippen molar-refractivity contribution in [2.24, 2.45) is 5.41 Å². The minimum atomic E-state index is 0.317. The van der Waals surface area contributed by atoms with Crippen molar-refractivity contribution in [3.63, 3.8) is 0 Å². The van der Waals surface area contributed by atoms with Crippen LogP contribution in [0.2, 0.25) is 0 Å². The van der Waals surface area contributed by atoms with E-state index >= 15 is 0 Å². The predicted molar refractivity (Wildman–Crippen MR) is 56.4 cm³/mol. The maximum absolute atomic E-state index is 2.32. The molecule has 0 saturated carbocycles. The van der Waals surface area contributed by atoms with Crippen LogP contribution < -0.4 is 0 Å². The van der Waals surface area contributed by atoms with E-state index in [4.69, 9.17) is 0 Å². The molecular weight excluding hydrogens is 146 g/mol. The molecule has 0 rings (SSSR count). The summed E-state index contributed by atoms with van der Waals surface area (Å²) in [6.45, 7) is 12.1. The molecule has 0 aliphatic rings. The predicted octanol–water partition coefficient (Wildman–Crippen LogP) is 2.93. The van der Waals surface area contributed by atoms with E-state index in [0.29, 0.717) is 11.5 Å². The van der Waals surface area contributed by atoms with E-state index in [1.165, 1.54) is 0 Å². The number of rotatable bonds is 3. The fourth-order valence-electron chi connectivity index (χ4n) is 0.783. The third-order valence-corrected chi connectivity index (χ3v) is 1.89. The second kappa shape index (κ2) is 4.66. The molecule has 0 aromatic carbocycles. The van der Waals surface area contributed by atoms with Gasteiger partial charge < -0.3 is 4.90 Å². The van der Waals surface area contributed by atoms with Gasteiger partial charge >= 0.3 is 0 Å². The van der Waals surface area contributed by atoms with Crippen LogP contribution in [0, 0.1) is 5.41 Å². The summed E-state index contributed by atoms with van der Waals surface area (Å²) in [5.41, 5.74) is 0.317. The van der Waals surface area contributed by atoms with E-state index in [2.05, 4.69) is 58.7 Å². The Morgan fingerprint density at radius 2 is 1.75 bits per heavy atom. The molecule has 0 amide bonds. The molecule has 0 bridgehead atoms. The van der Waals surface area contributed by atoms with Gasteiger partial charge in [-0.2, -0.15) is 0 Å². The fraction of sp³-hybridized carbons (Fsp3) is 0.818. The standard InChI is InChI=1S/C11H23N/c1-10(2)12(6)9-7-8-11(3,4)5/h7-8,10H,9H2,1-6H3/b8-7+. The van der Waals surface area contributed by atoms with E-state index < -0.39 is 0 Å². The van der Waals surface area contributed by atoms with Gasteiger partial charge in [0.05, 0.1) is 0 Å². The zero-order valence-corrected chi connectivity index (χ0v) is 9.39. The smallest absolute Gasteiger partial charge is 0.0163 e. The van der Waals surface area contributed by atoms with Gasteiger partial charge in [0, 0.05) is 12.6 Å². The molecule has 12 heavy (non-hydrogen) atoms. The average Bonchev–Trinajstić information content (AvgIpc) is 1.84. The quantitative estimate of drug-likeness (QED) is 0.587. The highest BCUT2D eigenvalue weighted by molar-refractivity contribution is 4.93. The highest BCUT2D eigenvalue weighted by atomic mass is 15.1. The minimum absolute atomic E-state index is 0.317. The van der Waals surface area contributed by atoms with Crippen LogP contribution in [0.15, 0.2) is 12.2 Å². The molecule has 0 aromatic heterocycles. The Morgan fingerprint density at radius 1 is 1.25 bits per heavy atom. The first-order valence-corrected chi connectivity index (χ1v) is 4.71. The van der Waals surface area contributed by atoms with Crippen molar-refractivity contribution >= 4 is 0 Å². The number of hydrogen-bond acceptors (Lipinski definition) is 1. The Hall–Kier alpha value is -0.300. The molecule has 0 aromatic rings. The topological polar surface area (TPSA) is 3.24 Å². The third-order valence-electron chi connectivity index (χ3n) is 1.89. The van der Waals surface area contributed by atoms with Gasteiger partial charge in [0.2, 0.25) is 0 Å². The largest absolute Gasteiger partial charge is 0.300 e. The van der Waals surface area contributed by atoms with Gasteiger partial charge in [-0.15, -0.1) is 0 Å². The van der Waals surface area contributed by atoms with Crippen LogP contribution in [0.5, 0.6) is 0 Å². The Balaban J connectivity index is 3.75. The Morgan fingerprint density at radius 3 is 2.08 bits per heavy atom. The van der Waals surface area contributed by atoms with Crippen LogP contribution in [0.1, 0.15) is 34.6 Å². The third kappa shape index (κ3) is 6.41. The van der Waals surface area contributed by atoms with Crippen molar-refractivity contribution in [2.75, 3.05) is 13.6 Å². The van der Waals surface area contributed by atoms with Crippen molar-refractivity contribution < 1.29 is 0 Å². The summed E-state index contributed by atoms with van der Waals surface area (Å²) in [6.07, 6.45) is 4.52. The molecule has 1 nitrogen and oxygen atoms in total. The van der Waals surface area contributed by atoms with Crippen molar-refractivity contribution in [2.45, 2.75) is 40.7 Å². The highest BCUT2D eigenvalue weighted by Crippen LogP contribution is 2.14. The molecule has 0 saturated heterocycles. The second-order valence-corrected chi connectivity index (χ2v) is 4.80. The van der Waals surface area contributed by atoms with Gasteiger partial charge in [-0.1, -0.05) is 32.9 Å². The average molecular weight is 169 g/mol. The van der Waals surface area contributed by atoms with Gasteiger partial charge in [-0.05, 0) is 26.3 Å². The summed E-state index contributed by atoms with van der Waals surface area (Å²) < 4.78 is 0. The minimum Gasteiger partial charge on any atom is -0.300 e. The van der Waals surface area contributed by atoms with Gasteiger partial charge in [0.15, 0.2) is 0 Å². The molecule has 0 unspecified atom stereocenters. The van der Waals surface area contributed by atoms with Crippen LogP contribution in [0.25, 0.3) is 0 Å². The van der Waals surface area contributed by atoms with Gasteiger partial charge in [0.1, 0.15) is 0 Å². The summed E-state index contributed by atoms with van der Waals surface area (Å²) in [4.78, 5) is 2.32. The van der Waals surface area contributed by atoms with Gasteiger partial charge in [-0.3, -0.25) is 0 Å². The van der Waals surface area contributed by atoms with E-state index in [1.54, 1.807) is 0 Å². The summed E-state index contributed by atoms with van der Waals surface area (Å²) in [5.74, 6) is 0. The summed E-state index contributed by atoms with van der Waals surface area (Å²) in [5, 5.41) is 0. The maximum Gasteiger partial charge on any atom is 0.0163 e. The van der Waals surface area contributed by atoms with Crippen molar-refractivity contribution in [3.05, 3.63) is 12.2 Å². The number of hydrogen-bond donors (Lipinski definition) is 0. The van der Waals surface area contributed by atoms with Gasteiger partial charge in [-0.25, -0.2) is 0 Å². The first kappa shape index (κ1) is 11.7. The van der Waals surface area contributed by atoms with E-state index in [1.807, 2.05) is 0 Å². The van der Waals surface area contributed by atoms with Crippen molar-refractivity contribution in [1.29, 1.82) is 0 Å². The normalized spacial score (nSPS) is 13.7.